The minimum Gasteiger partial charge on any atom is -0.353 e. The third kappa shape index (κ3) is 3.79. The molecule has 1 aromatic carbocycles. The van der Waals surface area contributed by atoms with Crippen LogP contribution in [0.25, 0.3) is 11.0 Å². The van der Waals surface area contributed by atoms with E-state index in [1.54, 1.807) is 23.3 Å². The lowest BCUT2D eigenvalue weighted by Crippen LogP contribution is -2.49. The van der Waals surface area contributed by atoms with Crippen LogP contribution in [0.4, 0.5) is 11.5 Å². The first-order valence-electron chi connectivity index (χ1n) is 9.17. The molecule has 9 heteroatoms. The molecule has 4 rings (SSSR count). The molecule has 28 heavy (non-hydrogen) atoms. The predicted octanol–water partition coefficient (Wildman–Crippen LogP) is 2.09. The van der Waals surface area contributed by atoms with E-state index in [2.05, 4.69) is 30.2 Å². The van der Waals surface area contributed by atoms with Gasteiger partial charge >= 0.3 is 0 Å². The molecule has 8 nitrogen and oxygen atoms in total. The van der Waals surface area contributed by atoms with Crippen molar-refractivity contribution in [3.05, 3.63) is 41.3 Å². The van der Waals surface area contributed by atoms with Gasteiger partial charge in [-0.05, 0) is 24.6 Å². The minimum absolute atomic E-state index is 0.0370. The second kappa shape index (κ2) is 7.73. The van der Waals surface area contributed by atoms with Gasteiger partial charge in [-0.1, -0.05) is 17.7 Å². The van der Waals surface area contributed by atoms with Crippen molar-refractivity contribution in [1.29, 1.82) is 0 Å². The summed E-state index contributed by atoms with van der Waals surface area (Å²) in [6, 6.07) is 5.55. The third-order valence-corrected chi connectivity index (χ3v) is 5.41. The van der Waals surface area contributed by atoms with Gasteiger partial charge in [-0.3, -0.25) is 14.4 Å². The summed E-state index contributed by atoms with van der Waals surface area (Å²) in [6.45, 7) is 5.45. The van der Waals surface area contributed by atoms with Gasteiger partial charge in [-0.15, -0.1) is 0 Å². The van der Waals surface area contributed by atoms with Crippen LogP contribution in [0.2, 0.25) is 5.02 Å². The molecule has 1 fully saturated rings. The maximum Gasteiger partial charge on any atom is 0.238 e. The highest BCUT2D eigenvalue weighted by atomic mass is 35.5. The number of anilines is 2. The van der Waals surface area contributed by atoms with Crippen molar-refractivity contribution in [2.45, 2.75) is 6.92 Å². The quantitative estimate of drug-likeness (QED) is 0.723. The second-order valence-electron chi connectivity index (χ2n) is 6.98. The Morgan fingerprint density at radius 2 is 2.00 bits per heavy atom. The van der Waals surface area contributed by atoms with Crippen molar-refractivity contribution in [3.63, 3.8) is 0 Å². The SMILES string of the molecule is Cc1ccc(NC(=O)CN2CCN(c3ncnc4c3cnn4C)CC2)cc1Cl. The first-order chi connectivity index (χ1) is 13.5. The molecule has 0 atom stereocenters. The number of benzene rings is 1. The lowest BCUT2D eigenvalue weighted by molar-refractivity contribution is -0.117. The Bertz CT molecular complexity index is 1010. The Hall–Kier alpha value is -2.71. The van der Waals surface area contributed by atoms with Gasteiger partial charge in [0.1, 0.15) is 12.1 Å². The molecule has 2 aromatic heterocycles. The summed E-state index contributed by atoms with van der Waals surface area (Å²) in [5.74, 6) is 0.863. The van der Waals surface area contributed by atoms with Crippen LogP contribution in [-0.2, 0) is 11.8 Å². The molecule has 0 radical (unpaired) electrons. The number of fused-ring (bicyclic) bond motifs is 1. The number of aryl methyl sites for hydroxylation is 2. The van der Waals surface area contributed by atoms with Crippen molar-refractivity contribution in [1.82, 2.24) is 24.6 Å². The fraction of sp³-hybridized carbons (Fsp3) is 0.368. The van der Waals surface area contributed by atoms with Crippen LogP contribution in [0, 0.1) is 6.92 Å². The number of piperazine rings is 1. The van der Waals surface area contributed by atoms with Crippen molar-refractivity contribution < 1.29 is 4.79 Å². The number of rotatable bonds is 4. The lowest BCUT2D eigenvalue weighted by atomic mass is 10.2. The van der Waals surface area contributed by atoms with E-state index < -0.39 is 0 Å². The standard InChI is InChI=1S/C19H22ClN7O/c1-13-3-4-14(9-16(13)20)24-17(28)11-26-5-7-27(8-6-26)19-15-10-23-25(2)18(15)21-12-22-19/h3-4,9-10,12H,5-8,11H2,1-2H3,(H,24,28). The van der Waals surface area contributed by atoms with Gasteiger partial charge in [0.25, 0.3) is 0 Å². The molecule has 0 saturated carbocycles. The lowest BCUT2D eigenvalue weighted by Gasteiger charge is -2.35. The Morgan fingerprint density at radius 1 is 1.21 bits per heavy atom. The summed E-state index contributed by atoms with van der Waals surface area (Å²) < 4.78 is 1.75. The fourth-order valence-corrected chi connectivity index (χ4v) is 3.57. The molecule has 1 aliphatic heterocycles. The van der Waals surface area contributed by atoms with Gasteiger partial charge in [0.15, 0.2) is 5.65 Å². The van der Waals surface area contributed by atoms with Crippen LogP contribution in [0.15, 0.2) is 30.7 Å². The summed E-state index contributed by atoms with van der Waals surface area (Å²) in [5, 5.41) is 8.79. The monoisotopic (exact) mass is 399 g/mol. The number of hydrogen-bond donors (Lipinski definition) is 1. The summed E-state index contributed by atoms with van der Waals surface area (Å²) >= 11 is 6.12. The zero-order chi connectivity index (χ0) is 19.7. The predicted molar refractivity (Wildman–Crippen MR) is 110 cm³/mol. The average Bonchev–Trinajstić information content (AvgIpc) is 3.07. The van der Waals surface area contributed by atoms with E-state index in [1.165, 1.54) is 0 Å². The van der Waals surface area contributed by atoms with Crippen LogP contribution in [0.3, 0.4) is 0 Å². The topological polar surface area (TPSA) is 79.2 Å². The number of aromatic nitrogens is 4. The van der Waals surface area contributed by atoms with E-state index in [1.807, 2.05) is 26.1 Å². The van der Waals surface area contributed by atoms with Crippen molar-refractivity contribution in [2.24, 2.45) is 7.05 Å². The zero-order valence-corrected chi connectivity index (χ0v) is 16.6. The molecule has 3 aromatic rings. The van der Waals surface area contributed by atoms with Crippen LogP contribution in [0.1, 0.15) is 5.56 Å². The van der Waals surface area contributed by atoms with Crippen LogP contribution < -0.4 is 10.2 Å². The molecule has 0 spiro atoms. The number of nitrogens with one attached hydrogen (secondary N) is 1. The van der Waals surface area contributed by atoms with Crippen molar-refractivity contribution >= 4 is 40.0 Å². The van der Waals surface area contributed by atoms with E-state index >= 15 is 0 Å². The molecule has 0 aliphatic carbocycles. The van der Waals surface area contributed by atoms with Gasteiger partial charge in [0.2, 0.25) is 5.91 Å². The van der Waals surface area contributed by atoms with E-state index in [9.17, 15) is 4.79 Å². The number of carbonyl (C=O) groups excluding carboxylic acids is 1. The van der Waals surface area contributed by atoms with E-state index in [0.29, 0.717) is 11.6 Å². The van der Waals surface area contributed by atoms with Crippen LogP contribution >= 0.6 is 11.6 Å². The molecule has 3 heterocycles. The minimum atomic E-state index is -0.0370. The Balaban J connectivity index is 1.35. The molecule has 1 amide bonds. The van der Waals surface area contributed by atoms with Gasteiger partial charge in [-0.25, -0.2) is 9.97 Å². The Kier molecular flexibility index (Phi) is 5.15. The highest BCUT2D eigenvalue weighted by Crippen LogP contribution is 2.23. The van der Waals surface area contributed by atoms with Crippen molar-refractivity contribution in [2.75, 3.05) is 42.9 Å². The molecular formula is C19H22ClN7O. The van der Waals surface area contributed by atoms with Gasteiger partial charge in [-0.2, -0.15) is 5.10 Å². The van der Waals surface area contributed by atoms with Crippen LogP contribution in [-0.4, -0.2) is 63.3 Å². The summed E-state index contributed by atoms with van der Waals surface area (Å²) in [5.41, 5.74) is 2.53. The Labute approximate surface area is 168 Å². The number of nitrogens with zero attached hydrogens (tertiary/aromatic N) is 6. The molecule has 146 valence electrons. The first kappa shape index (κ1) is 18.6. The smallest absolute Gasteiger partial charge is 0.238 e. The van der Waals surface area contributed by atoms with Gasteiger partial charge in [0, 0.05) is 43.9 Å². The highest BCUT2D eigenvalue weighted by molar-refractivity contribution is 6.31. The normalized spacial score (nSPS) is 15.2. The second-order valence-corrected chi connectivity index (χ2v) is 7.39. The Morgan fingerprint density at radius 3 is 2.75 bits per heavy atom. The molecule has 1 saturated heterocycles. The van der Waals surface area contributed by atoms with Crippen molar-refractivity contribution in [3.8, 4) is 0 Å². The summed E-state index contributed by atoms with van der Waals surface area (Å²) in [6.07, 6.45) is 3.38. The highest BCUT2D eigenvalue weighted by Gasteiger charge is 2.22. The molecule has 1 N–H and O–H groups in total. The largest absolute Gasteiger partial charge is 0.353 e. The maximum atomic E-state index is 12.4. The number of halogens is 1. The van der Waals surface area contributed by atoms with E-state index in [-0.39, 0.29) is 5.91 Å². The molecular weight excluding hydrogens is 378 g/mol. The third-order valence-electron chi connectivity index (χ3n) is 5.00. The number of carbonyl (C=O) groups is 1. The first-order valence-corrected chi connectivity index (χ1v) is 9.55. The maximum absolute atomic E-state index is 12.4. The molecule has 0 unspecified atom stereocenters. The van der Waals surface area contributed by atoms with Crippen LogP contribution in [0.5, 0.6) is 0 Å². The number of amides is 1. The molecule has 0 bridgehead atoms. The average molecular weight is 400 g/mol. The summed E-state index contributed by atoms with van der Waals surface area (Å²) in [4.78, 5) is 25.5. The zero-order valence-electron chi connectivity index (χ0n) is 15.9. The number of hydrogen-bond acceptors (Lipinski definition) is 6. The fourth-order valence-electron chi connectivity index (χ4n) is 3.39. The van der Waals surface area contributed by atoms with E-state index in [0.717, 1.165) is 54.3 Å². The van der Waals surface area contributed by atoms with Gasteiger partial charge in [0.05, 0.1) is 18.1 Å². The van der Waals surface area contributed by atoms with E-state index in [4.69, 9.17) is 11.6 Å². The summed E-state index contributed by atoms with van der Waals surface area (Å²) in [7, 11) is 1.87. The van der Waals surface area contributed by atoms with Gasteiger partial charge < -0.3 is 10.2 Å². The molecule has 1 aliphatic rings.